The first-order valence-corrected chi connectivity index (χ1v) is 10.2. The number of ether oxygens (including phenoxy) is 1. The Balaban J connectivity index is 2.50. The number of fused-ring (bicyclic) bond motifs is 1. The van der Waals surface area contributed by atoms with E-state index in [1.54, 1.807) is 46.8 Å². The topological polar surface area (TPSA) is 16.8 Å². The Hall–Kier alpha value is -2.22. The molecule has 0 aliphatic carbocycles. The molecule has 0 saturated heterocycles. The van der Waals surface area contributed by atoms with Crippen molar-refractivity contribution in [3.63, 3.8) is 0 Å². The van der Waals surface area contributed by atoms with Crippen LogP contribution in [0.15, 0.2) is 24.3 Å². The summed E-state index contributed by atoms with van der Waals surface area (Å²) in [6, 6.07) is 6.12. The molecule has 0 fully saturated rings. The van der Waals surface area contributed by atoms with Gasteiger partial charge in [-0.3, -0.25) is 0 Å². The van der Waals surface area contributed by atoms with Crippen molar-refractivity contribution in [2.45, 2.75) is 59.6 Å². The summed E-state index contributed by atoms with van der Waals surface area (Å²) in [5, 5.41) is 0. The fourth-order valence-corrected chi connectivity index (χ4v) is 4.07. The quantitative estimate of drug-likeness (QED) is 0.495. The highest BCUT2D eigenvalue weighted by Crippen LogP contribution is 2.53. The van der Waals surface area contributed by atoms with Crippen LogP contribution in [0.2, 0.25) is 0 Å². The summed E-state index contributed by atoms with van der Waals surface area (Å²) in [5.41, 5.74) is 1.29. The second-order valence-corrected chi connectivity index (χ2v) is 8.00. The molecule has 1 heterocycles. The Morgan fingerprint density at radius 3 is 2.63 bits per heavy atom. The van der Waals surface area contributed by atoms with Gasteiger partial charge in [0, 0.05) is 13.4 Å². The Morgan fingerprint density at radius 2 is 2.00 bits per heavy atom. The molecule has 0 aromatic heterocycles. The zero-order valence-electron chi connectivity index (χ0n) is 23.8. The van der Waals surface area contributed by atoms with Crippen LogP contribution in [-0.4, -0.2) is 25.0 Å². The lowest BCUT2D eigenvalue weighted by Crippen LogP contribution is -2.34. The van der Waals surface area contributed by atoms with Crippen LogP contribution in [0.25, 0.3) is 4.85 Å². The summed E-state index contributed by atoms with van der Waals surface area (Å²) < 4.78 is 66.7. The predicted molar refractivity (Wildman–Crippen MR) is 121 cm³/mol. The number of hydrogen-bond donors (Lipinski definition) is 0. The highest BCUT2D eigenvalue weighted by atomic mass is 19.1. The third-order valence-electron chi connectivity index (χ3n) is 5.96. The second-order valence-electron chi connectivity index (χ2n) is 8.00. The summed E-state index contributed by atoms with van der Waals surface area (Å²) in [6.07, 6.45) is -3.29. The Labute approximate surface area is 187 Å². The standard InChI is InChI=1S/C26H33FN2O/c1-9-29(8)15-16(2)14-26(22-10-11-24(27)19(5)18(22)4)23-12-17(3)25(28-7)13-21(23)20(6)30-26/h10-13,16,20H,9,14-15H2,1-6,8H3/t16?,20?,26-/m0/s1/i14D2,15D2,16D. The van der Waals surface area contributed by atoms with E-state index in [1.165, 1.54) is 31.0 Å². The molecule has 0 radical (unpaired) electrons. The first-order valence-electron chi connectivity index (χ1n) is 12.7. The average molecular weight is 414 g/mol. The van der Waals surface area contributed by atoms with Gasteiger partial charge in [-0.05, 0) is 93.0 Å². The summed E-state index contributed by atoms with van der Waals surface area (Å²) in [6.45, 7) is 15.2. The van der Waals surface area contributed by atoms with Crippen LogP contribution >= 0.6 is 0 Å². The van der Waals surface area contributed by atoms with Gasteiger partial charge >= 0.3 is 0 Å². The van der Waals surface area contributed by atoms with Crippen molar-refractivity contribution in [3.05, 3.63) is 74.9 Å². The lowest BCUT2D eigenvalue weighted by atomic mass is 9.76. The molecular weight excluding hydrogens is 375 g/mol. The van der Waals surface area contributed by atoms with Gasteiger partial charge in [0.05, 0.1) is 12.7 Å². The Kier molecular flexibility index (Phi) is 4.66. The normalized spacial score (nSPS) is 26.0. The molecule has 4 heteroatoms. The molecule has 0 N–H and O–H groups in total. The maximum absolute atomic E-state index is 14.5. The molecule has 2 aromatic carbocycles. The van der Waals surface area contributed by atoms with Crippen LogP contribution in [0, 0.1) is 39.1 Å². The number of aryl methyl sites for hydroxylation is 1. The Bertz CT molecular complexity index is 1210. The van der Waals surface area contributed by atoms with E-state index < -0.39 is 36.3 Å². The lowest BCUT2D eigenvalue weighted by Gasteiger charge is -2.36. The van der Waals surface area contributed by atoms with Gasteiger partial charge in [-0.1, -0.05) is 32.0 Å². The van der Waals surface area contributed by atoms with Gasteiger partial charge in [0.15, 0.2) is 5.69 Å². The molecule has 160 valence electrons. The Morgan fingerprint density at radius 1 is 1.30 bits per heavy atom. The second kappa shape index (κ2) is 8.49. The SMILES string of the molecule is [2H]C([2H])(N(C)CC)C([2H])(C)C([2H])([2H])[C@@]1(c2ccc(F)c(C)c2C)OC(C)c2cc([N+]#[C-])c(C)cc21. The van der Waals surface area contributed by atoms with E-state index in [1.807, 2.05) is 0 Å². The monoisotopic (exact) mass is 413 g/mol. The van der Waals surface area contributed by atoms with Gasteiger partial charge in [-0.25, -0.2) is 9.24 Å². The van der Waals surface area contributed by atoms with E-state index in [0.717, 1.165) is 0 Å². The minimum absolute atomic E-state index is 0.264. The first kappa shape index (κ1) is 16.5. The van der Waals surface area contributed by atoms with Crippen LogP contribution in [0.1, 0.15) is 73.5 Å². The van der Waals surface area contributed by atoms with Crippen molar-refractivity contribution in [1.82, 2.24) is 4.90 Å². The summed E-state index contributed by atoms with van der Waals surface area (Å²) in [4.78, 5) is 4.88. The number of rotatable bonds is 6. The van der Waals surface area contributed by atoms with Crippen LogP contribution in [0.4, 0.5) is 10.1 Å². The van der Waals surface area contributed by atoms with E-state index >= 15 is 0 Å². The molecule has 0 spiro atoms. The molecule has 3 rings (SSSR count). The molecule has 2 aromatic rings. The molecule has 0 saturated carbocycles. The van der Waals surface area contributed by atoms with E-state index in [-0.39, 0.29) is 6.54 Å². The average Bonchev–Trinajstić information content (AvgIpc) is 3.08. The third-order valence-corrected chi connectivity index (χ3v) is 5.96. The van der Waals surface area contributed by atoms with Crippen LogP contribution in [0.5, 0.6) is 0 Å². The van der Waals surface area contributed by atoms with E-state index in [4.69, 9.17) is 14.1 Å². The maximum atomic E-state index is 14.5. The minimum atomic E-state index is -2.65. The summed E-state index contributed by atoms with van der Waals surface area (Å²) in [7, 11) is 1.51. The third kappa shape index (κ3) is 3.77. The predicted octanol–water partition coefficient (Wildman–Crippen LogP) is 6.61. The minimum Gasteiger partial charge on any atom is -0.358 e. The number of nitrogens with zero attached hydrogens (tertiary/aromatic N) is 2. The molecule has 0 bridgehead atoms. The van der Waals surface area contributed by atoms with Crippen LogP contribution < -0.4 is 0 Å². The zero-order valence-corrected chi connectivity index (χ0v) is 18.8. The lowest BCUT2D eigenvalue weighted by molar-refractivity contribution is -0.0562. The zero-order chi connectivity index (χ0) is 26.7. The van der Waals surface area contributed by atoms with Crippen molar-refractivity contribution in [2.75, 3.05) is 20.1 Å². The smallest absolute Gasteiger partial charge is 0.190 e. The van der Waals surface area contributed by atoms with Gasteiger partial charge in [0.25, 0.3) is 0 Å². The van der Waals surface area contributed by atoms with Crippen molar-refractivity contribution < 1.29 is 16.0 Å². The fraction of sp³-hybridized carbons (Fsp3) is 0.500. The van der Waals surface area contributed by atoms with Gasteiger partial charge in [-0.15, -0.1) is 0 Å². The van der Waals surface area contributed by atoms with Crippen LogP contribution in [-0.2, 0) is 10.3 Å². The number of halogens is 1. The maximum Gasteiger partial charge on any atom is 0.190 e. The summed E-state index contributed by atoms with van der Waals surface area (Å²) in [5.74, 6) is -2.78. The van der Waals surface area contributed by atoms with Gasteiger partial charge in [0.1, 0.15) is 11.4 Å². The fourth-order valence-electron chi connectivity index (χ4n) is 4.07. The van der Waals surface area contributed by atoms with E-state index in [9.17, 15) is 8.50 Å². The number of hydrogen-bond acceptors (Lipinski definition) is 2. The molecule has 30 heavy (non-hydrogen) atoms. The molecule has 3 nitrogen and oxygen atoms in total. The van der Waals surface area contributed by atoms with E-state index in [0.29, 0.717) is 39.1 Å². The van der Waals surface area contributed by atoms with Crippen molar-refractivity contribution in [1.29, 1.82) is 0 Å². The van der Waals surface area contributed by atoms with Crippen LogP contribution in [0.3, 0.4) is 0 Å². The molecule has 1 aliphatic heterocycles. The number of benzene rings is 2. The van der Waals surface area contributed by atoms with E-state index in [2.05, 4.69) is 4.85 Å². The molecule has 2 unspecified atom stereocenters. The molecule has 0 amide bonds. The van der Waals surface area contributed by atoms with Crippen molar-refractivity contribution in [2.24, 2.45) is 5.89 Å². The first-order chi connectivity index (χ1) is 16.0. The summed E-state index contributed by atoms with van der Waals surface area (Å²) >= 11 is 0. The highest BCUT2D eigenvalue weighted by molar-refractivity contribution is 5.61. The molecular formula is C26H33FN2O. The van der Waals surface area contributed by atoms with Gasteiger partial charge < -0.3 is 9.64 Å². The molecule has 1 aliphatic rings. The van der Waals surface area contributed by atoms with Gasteiger partial charge in [0.2, 0.25) is 0 Å². The van der Waals surface area contributed by atoms with Gasteiger partial charge in [-0.2, -0.15) is 0 Å². The van der Waals surface area contributed by atoms with Crippen molar-refractivity contribution in [3.8, 4) is 0 Å². The van der Waals surface area contributed by atoms with Crippen molar-refractivity contribution >= 4 is 5.69 Å². The highest BCUT2D eigenvalue weighted by Gasteiger charge is 2.47. The largest absolute Gasteiger partial charge is 0.358 e. The molecule has 3 atom stereocenters.